The molecule has 0 radical (unpaired) electrons. The molecule has 1 aliphatic rings. The molecule has 1 rings (SSSR count). The largest absolute Gasteiger partial charge is 0.481 e. The van der Waals surface area contributed by atoms with E-state index in [1.807, 2.05) is 0 Å². The number of carbonyl (C=O) groups is 2. The molecule has 0 aliphatic heterocycles. The molecule has 0 bridgehead atoms. The molecule has 0 saturated heterocycles. The van der Waals surface area contributed by atoms with Crippen LogP contribution in [-0.2, 0) is 9.59 Å². The topological polar surface area (TPSA) is 66.4 Å². The zero-order valence-corrected chi connectivity index (χ0v) is 19.9. The molecule has 1 aliphatic carbocycles. The van der Waals surface area contributed by atoms with E-state index in [2.05, 4.69) is 24.4 Å². The van der Waals surface area contributed by atoms with Gasteiger partial charge in [0, 0.05) is 13.5 Å². The van der Waals surface area contributed by atoms with E-state index >= 15 is 0 Å². The third-order valence-electron chi connectivity index (χ3n) is 5.90. The summed E-state index contributed by atoms with van der Waals surface area (Å²) in [5, 5.41) is 11.2. The van der Waals surface area contributed by atoms with Gasteiger partial charge in [-0.1, -0.05) is 89.7 Å². The molecule has 0 spiro atoms. The minimum atomic E-state index is -0.602. The molecule has 1 saturated carbocycles. The summed E-state index contributed by atoms with van der Waals surface area (Å²) in [6, 6.07) is 0. The van der Waals surface area contributed by atoms with Crippen molar-refractivity contribution in [2.24, 2.45) is 5.92 Å². The van der Waals surface area contributed by atoms with Crippen molar-refractivity contribution in [3.05, 3.63) is 12.2 Å². The first-order valence-electron chi connectivity index (χ1n) is 12.7. The highest BCUT2D eigenvalue weighted by atomic mass is 16.4. The Balaban J connectivity index is 0.000000769. The van der Waals surface area contributed by atoms with Crippen LogP contribution in [0.4, 0.5) is 0 Å². The second kappa shape index (κ2) is 22.4. The Kier molecular flexibility index (Phi) is 21.4. The summed E-state index contributed by atoms with van der Waals surface area (Å²) < 4.78 is 0. The Labute approximate surface area is 186 Å². The monoisotopic (exact) mass is 423 g/mol. The molecule has 1 fully saturated rings. The van der Waals surface area contributed by atoms with Crippen molar-refractivity contribution < 1.29 is 14.7 Å². The lowest BCUT2D eigenvalue weighted by atomic mass is 9.90. The average molecular weight is 424 g/mol. The van der Waals surface area contributed by atoms with Crippen LogP contribution in [0.2, 0.25) is 0 Å². The van der Waals surface area contributed by atoms with Crippen molar-refractivity contribution in [3.63, 3.8) is 0 Å². The van der Waals surface area contributed by atoms with Crippen LogP contribution in [0.3, 0.4) is 0 Å². The molecule has 4 nitrogen and oxygen atoms in total. The van der Waals surface area contributed by atoms with Crippen LogP contribution in [0.1, 0.15) is 129 Å². The van der Waals surface area contributed by atoms with Crippen molar-refractivity contribution in [2.45, 2.75) is 129 Å². The van der Waals surface area contributed by atoms with E-state index in [4.69, 9.17) is 5.11 Å². The Bertz CT molecular complexity index is 428. The molecule has 0 atom stereocenters. The first-order chi connectivity index (χ1) is 14.6. The zero-order valence-electron chi connectivity index (χ0n) is 19.9. The second-order valence-corrected chi connectivity index (χ2v) is 8.68. The number of nitrogens with one attached hydrogen (secondary N) is 1. The molecular formula is C26H49NO3. The highest BCUT2D eigenvalue weighted by Gasteiger charge is 2.19. The normalized spacial score (nSPS) is 14.3. The minimum absolute atomic E-state index is 0.0289. The van der Waals surface area contributed by atoms with Gasteiger partial charge in [0.05, 0.1) is 5.92 Å². The molecule has 0 aromatic rings. The van der Waals surface area contributed by atoms with E-state index in [9.17, 15) is 9.59 Å². The van der Waals surface area contributed by atoms with E-state index in [1.54, 1.807) is 7.05 Å². The summed E-state index contributed by atoms with van der Waals surface area (Å²) in [7, 11) is 1.71. The van der Waals surface area contributed by atoms with Crippen LogP contribution in [-0.4, -0.2) is 24.0 Å². The number of amides is 1. The lowest BCUT2D eigenvalue weighted by molar-refractivity contribution is -0.142. The predicted molar refractivity (Wildman–Crippen MR) is 128 cm³/mol. The van der Waals surface area contributed by atoms with Crippen molar-refractivity contribution >= 4 is 11.9 Å². The molecule has 30 heavy (non-hydrogen) atoms. The fraction of sp³-hybridized carbons (Fsp3) is 0.846. The third-order valence-corrected chi connectivity index (χ3v) is 5.90. The Morgan fingerprint density at radius 3 is 1.77 bits per heavy atom. The summed E-state index contributed by atoms with van der Waals surface area (Å²) in [5.74, 6) is -0.457. The fourth-order valence-electron chi connectivity index (χ4n) is 3.83. The molecule has 4 heteroatoms. The molecule has 0 unspecified atom stereocenters. The fourth-order valence-corrected chi connectivity index (χ4v) is 3.83. The maximum absolute atomic E-state index is 11.0. The van der Waals surface area contributed by atoms with Gasteiger partial charge >= 0.3 is 5.97 Å². The summed E-state index contributed by atoms with van der Waals surface area (Å²) in [4.78, 5) is 21.4. The minimum Gasteiger partial charge on any atom is -0.481 e. The van der Waals surface area contributed by atoms with Crippen molar-refractivity contribution in [3.8, 4) is 0 Å². The van der Waals surface area contributed by atoms with Gasteiger partial charge in [0.25, 0.3) is 0 Å². The predicted octanol–water partition coefficient (Wildman–Crippen LogP) is 7.42. The van der Waals surface area contributed by atoms with E-state index in [1.165, 1.54) is 83.5 Å². The molecule has 0 aromatic heterocycles. The van der Waals surface area contributed by atoms with Gasteiger partial charge in [-0.25, -0.2) is 0 Å². The number of unbranched alkanes of at least 4 members (excludes halogenated alkanes) is 11. The number of carboxylic acids is 1. The number of hydrogen-bond donors (Lipinski definition) is 2. The summed E-state index contributed by atoms with van der Waals surface area (Å²) in [5.41, 5.74) is 0. The zero-order chi connectivity index (χ0) is 22.3. The van der Waals surface area contributed by atoms with E-state index < -0.39 is 5.97 Å². The first-order valence-corrected chi connectivity index (χ1v) is 12.7. The van der Waals surface area contributed by atoms with Crippen LogP contribution in [0, 0.1) is 5.92 Å². The maximum Gasteiger partial charge on any atom is 0.306 e. The molecule has 2 N–H and O–H groups in total. The van der Waals surface area contributed by atoms with Crippen LogP contribution in [0.5, 0.6) is 0 Å². The smallest absolute Gasteiger partial charge is 0.306 e. The van der Waals surface area contributed by atoms with E-state index in [-0.39, 0.29) is 11.8 Å². The van der Waals surface area contributed by atoms with Gasteiger partial charge < -0.3 is 10.4 Å². The highest BCUT2D eigenvalue weighted by Crippen LogP contribution is 2.23. The molecule has 0 heterocycles. The van der Waals surface area contributed by atoms with Crippen LogP contribution in [0.15, 0.2) is 12.2 Å². The van der Waals surface area contributed by atoms with Gasteiger partial charge in [-0.15, -0.1) is 0 Å². The highest BCUT2D eigenvalue weighted by molar-refractivity contribution is 5.75. The molecule has 1 amide bonds. The van der Waals surface area contributed by atoms with Crippen LogP contribution in [0.25, 0.3) is 0 Å². The SMILES string of the molecule is CCCCCCCCC=CCCCCCCCC(=O)NC.O=C(O)C1CCCCC1. The van der Waals surface area contributed by atoms with Crippen molar-refractivity contribution in [1.29, 1.82) is 0 Å². The van der Waals surface area contributed by atoms with E-state index in [0.29, 0.717) is 6.42 Å². The van der Waals surface area contributed by atoms with Crippen molar-refractivity contribution in [1.82, 2.24) is 5.32 Å². The van der Waals surface area contributed by atoms with Gasteiger partial charge in [-0.2, -0.15) is 0 Å². The third kappa shape index (κ3) is 20.0. The van der Waals surface area contributed by atoms with Gasteiger partial charge in [-0.05, 0) is 44.9 Å². The number of carbonyl (C=O) groups excluding carboxylic acids is 1. The van der Waals surface area contributed by atoms with Gasteiger partial charge in [-0.3, -0.25) is 9.59 Å². The molecule has 176 valence electrons. The van der Waals surface area contributed by atoms with Gasteiger partial charge in [0.1, 0.15) is 0 Å². The van der Waals surface area contributed by atoms with Gasteiger partial charge in [0.2, 0.25) is 5.91 Å². The van der Waals surface area contributed by atoms with Crippen LogP contribution < -0.4 is 5.32 Å². The summed E-state index contributed by atoms with van der Waals surface area (Å²) in [6.07, 6.45) is 27.6. The standard InChI is InChI=1S/C19H37NO.C7H12O2/c1-3-4-5-6-7-8-9-10-11-12-13-14-15-16-17-18-19(21)20-2;8-7(9)6-4-2-1-3-5-6/h10-11H,3-9,12-18H2,1-2H3,(H,20,21);6H,1-5H2,(H,8,9). The van der Waals surface area contributed by atoms with Crippen molar-refractivity contribution in [2.75, 3.05) is 7.05 Å². The quantitative estimate of drug-likeness (QED) is 0.200. The second-order valence-electron chi connectivity index (χ2n) is 8.68. The Morgan fingerprint density at radius 1 is 0.800 bits per heavy atom. The molecular weight excluding hydrogens is 374 g/mol. The maximum atomic E-state index is 11.0. The van der Waals surface area contributed by atoms with E-state index in [0.717, 1.165) is 32.1 Å². The Morgan fingerprint density at radius 2 is 1.30 bits per heavy atom. The number of rotatable bonds is 16. The average Bonchev–Trinajstić information content (AvgIpc) is 2.77. The lowest BCUT2D eigenvalue weighted by Crippen LogP contribution is -2.16. The van der Waals surface area contributed by atoms with Gasteiger partial charge in [0.15, 0.2) is 0 Å². The summed E-state index contributed by atoms with van der Waals surface area (Å²) >= 11 is 0. The first kappa shape index (κ1) is 28.7. The van der Waals surface area contributed by atoms with Crippen LogP contribution >= 0.6 is 0 Å². The lowest BCUT2D eigenvalue weighted by Gasteiger charge is -2.16. The Hall–Kier alpha value is -1.32. The number of hydrogen-bond acceptors (Lipinski definition) is 2. The molecule has 0 aromatic carbocycles. The number of carboxylic acid groups (broad SMARTS) is 1. The number of aliphatic carboxylic acids is 1. The summed E-state index contributed by atoms with van der Waals surface area (Å²) in [6.45, 7) is 2.27. The number of allylic oxidation sites excluding steroid dienone is 2.